The minimum absolute atomic E-state index is 0.153. The summed E-state index contributed by atoms with van der Waals surface area (Å²) in [7, 11) is 6.70. The molecule has 0 aliphatic rings. The molecular formula is C29H37N5O4. The van der Waals surface area contributed by atoms with E-state index in [4.69, 9.17) is 0 Å². The maximum Gasteiger partial charge on any atom is 0.288 e. The van der Waals surface area contributed by atoms with Crippen LogP contribution in [0.25, 0.3) is 10.9 Å². The highest BCUT2D eigenvalue weighted by Gasteiger charge is 2.35. The fraction of sp³-hybridized carbons (Fsp3) is 0.379. The van der Waals surface area contributed by atoms with Crippen LogP contribution in [0.15, 0.2) is 60.8 Å². The van der Waals surface area contributed by atoms with Crippen LogP contribution in [0.3, 0.4) is 0 Å². The highest BCUT2D eigenvalue weighted by atomic mass is 16.2. The number of hydrazine groups is 1. The van der Waals surface area contributed by atoms with Gasteiger partial charge in [-0.15, -0.1) is 0 Å². The number of H-pyrrole nitrogens is 1. The van der Waals surface area contributed by atoms with Crippen LogP contribution in [-0.2, 0) is 32.0 Å². The molecule has 0 aliphatic heterocycles. The van der Waals surface area contributed by atoms with Crippen molar-refractivity contribution in [2.24, 2.45) is 5.92 Å². The van der Waals surface area contributed by atoms with Crippen molar-refractivity contribution in [3.63, 3.8) is 0 Å². The molecule has 3 rings (SSSR count). The third kappa shape index (κ3) is 6.66. The van der Waals surface area contributed by atoms with E-state index in [0.717, 1.165) is 22.0 Å². The molecule has 2 atom stereocenters. The van der Waals surface area contributed by atoms with Gasteiger partial charge in [0.05, 0.1) is 0 Å². The predicted molar refractivity (Wildman–Crippen MR) is 147 cm³/mol. The van der Waals surface area contributed by atoms with E-state index in [9.17, 15) is 19.2 Å². The Morgan fingerprint density at radius 3 is 2.11 bits per heavy atom. The number of nitrogens with one attached hydrogen (secondary N) is 2. The van der Waals surface area contributed by atoms with Gasteiger partial charge in [0.25, 0.3) is 11.8 Å². The van der Waals surface area contributed by atoms with E-state index in [0.29, 0.717) is 6.42 Å². The van der Waals surface area contributed by atoms with Crippen LogP contribution >= 0.6 is 0 Å². The highest BCUT2D eigenvalue weighted by molar-refractivity contribution is 6.37. The molecule has 1 heterocycles. The van der Waals surface area contributed by atoms with Crippen molar-refractivity contribution in [2.75, 3.05) is 28.2 Å². The summed E-state index contributed by atoms with van der Waals surface area (Å²) in [4.78, 5) is 57.3. The molecule has 0 aliphatic carbocycles. The minimum Gasteiger partial charge on any atom is -0.361 e. The Balaban J connectivity index is 1.96. The van der Waals surface area contributed by atoms with E-state index >= 15 is 0 Å². The number of rotatable bonds is 11. The summed E-state index contributed by atoms with van der Waals surface area (Å²) in [6.45, 7) is 3.27. The molecule has 3 aromatic rings. The van der Waals surface area contributed by atoms with E-state index in [1.54, 1.807) is 53.2 Å². The predicted octanol–water partition coefficient (Wildman–Crippen LogP) is 2.42. The molecule has 0 spiro atoms. The highest BCUT2D eigenvalue weighted by Crippen LogP contribution is 2.21. The monoisotopic (exact) mass is 519 g/mol. The maximum atomic E-state index is 14.0. The molecule has 0 saturated heterocycles. The molecule has 2 aromatic carbocycles. The van der Waals surface area contributed by atoms with E-state index in [1.165, 1.54) is 9.91 Å². The Hall–Kier alpha value is -3.98. The summed E-state index contributed by atoms with van der Waals surface area (Å²) in [5.41, 5.74) is 2.61. The van der Waals surface area contributed by atoms with Crippen molar-refractivity contribution in [3.05, 3.63) is 71.9 Å². The minimum atomic E-state index is -1.05. The summed E-state index contributed by atoms with van der Waals surface area (Å²) in [6.07, 6.45) is 2.24. The van der Waals surface area contributed by atoms with Crippen molar-refractivity contribution >= 4 is 34.4 Å². The fourth-order valence-electron chi connectivity index (χ4n) is 4.25. The van der Waals surface area contributed by atoms with Crippen LogP contribution in [-0.4, -0.2) is 83.7 Å². The summed E-state index contributed by atoms with van der Waals surface area (Å²) < 4.78 is 0. The number of benzene rings is 2. The SMILES string of the molecule is CC(C)C(=O)C(=O)N[C@@H](Cc1c[nH]c2ccccc12)C(=O)N(C)C(Cc1ccccc1)C(=O)N(C)N(C)C. The molecule has 202 valence electrons. The normalized spacial score (nSPS) is 12.8. The number of carbonyl (C=O) groups excluding carboxylic acids is 4. The first-order chi connectivity index (χ1) is 18.0. The Morgan fingerprint density at radius 2 is 1.47 bits per heavy atom. The number of carbonyl (C=O) groups is 4. The largest absolute Gasteiger partial charge is 0.361 e. The summed E-state index contributed by atoms with van der Waals surface area (Å²) in [5, 5.41) is 6.68. The Bertz CT molecular complexity index is 1280. The average molecular weight is 520 g/mol. The van der Waals surface area contributed by atoms with Gasteiger partial charge in [-0.05, 0) is 17.2 Å². The lowest BCUT2D eigenvalue weighted by atomic mass is 10.00. The van der Waals surface area contributed by atoms with Gasteiger partial charge < -0.3 is 15.2 Å². The van der Waals surface area contributed by atoms with Crippen LogP contribution < -0.4 is 5.32 Å². The Kier molecular flexibility index (Phi) is 9.41. The quantitative estimate of drug-likeness (QED) is 0.299. The number of hydrogen-bond acceptors (Lipinski definition) is 5. The van der Waals surface area contributed by atoms with E-state index in [1.807, 2.05) is 54.6 Å². The Labute approximate surface area is 223 Å². The molecule has 0 saturated carbocycles. The van der Waals surface area contributed by atoms with Crippen molar-refractivity contribution in [2.45, 2.75) is 38.8 Å². The van der Waals surface area contributed by atoms with Gasteiger partial charge in [0.2, 0.25) is 11.7 Å². The first-order valence-electron chi connectivity index (χ1n) is 12.7. The van der Waals surface area contributed by atoms with Gasteiger partial charge in [-0.25, -0.2) is 5.01 Å². The Morgan fingerprint density at radius 1 is 0.842 bits per heavy atom. The number of aromatic nitrogens is 1. The van der Waals surface area contributed by atoms with Crippen LogP contribution in [0.1, 0.15) is 25.0 Å². The van der Waals surface area contributed by atoms with Gasteiger partial charge in [-0.1, -0.05) is 62.4 Å². The lowest BCUT2D eigenvalue weighted by molar-refractivity contribution is -0.153. The molecule has 0 bridgehead atoms. The average Bonchev–Trinajstić information content (AvgIpc) is 3.32. The van der Waals surface area contributed by atoms with Crippen molar-refractivity contribution in [1.29, 1.82) is 0 Å². The second kappa shape index (κ2) is 12.5. The zero-order valence-electron chi connectivity index (χ0n) is 22.9. The number of Topliss-reactive ketones (excluding diaryl/α,β-unsaturated/α-hetero) is 1. The number of aromatic amines is 1. The standard InChI is InChI=1S/C29H37N5O4/c1-19(2)26(35)27(36)31-24(17-21-18-30-23-15-11-10-14-22(21)23)28(37)33(5)25(29(38)34(6)32(3)4)16-20-12-8-7-9-13-20/h7-15,18-19,24-25,30H,16-17H2,1-6H3,(H,31,36)/t24-,25?/m0/s1. The molecule has 0 radical (unpaired) electrons. The number of para-hydroxylation sites is 1. The third-order valence-electron chi connectivity index (χ3n) is 6.74. The zero-order valence-corrected chi connectivity index (χ0v) is 22.9. The molecule has 38 heavy (non-hydrogen) atoms. The third-order valence-corrected chi connectivity index (χ3v) is 6.74. The number of nitrogens with zero attached hydrogens (tertiary/aromatic N) is 3. The molecule has 2 N–H and O–H groups in total. The topological polar surface area (TPSA) is 106 Å². The molecular weight excluding hydrogens is 482 g/mol. The lowest BCUT2D eigenvalue weighted by Crippen LogP contribution is -2.57. The van der Waals surface area contributed by atoms with Crippen LogP contribution in [0.4, 0.5) is 0 Å². The maximum absolute atomic E-state index is 14.0. The van der Waals surface area contributed by atoms with E-state index in [-0.39, 0.29) is 12.3 Å². The van der Waals surface area contributed by atoms with Crippen molar-refractivity contribution < 1.29 is 19.2 Å². The first-order valence-corrected chi connectivity index (χ1v) is 12.7. The first kappa shape index (κ1) is 28.6. The number of likely N-dealkylation sites (N-methyl/N-ethyl adjacent to an activating group) is 2. The number of fused-ring (bicyclic) bond motifs is 1. The summed E-state index contributed by atoms with van der Waals surface area (Å²) in [6, 6.07) is 15.2. The molecule has 1 unspecified atom stereocenters. The fourth-order valence-corrected chi connectivity index (χ4v) is 4.25. The van der Waals surface area contributed by atoms with Gasteiger partial charge in [0.1, 0.15) is 12.1 Å². The lowest BCUT2D eigenvalue weighted by Gasteiger charge is -2.35. The number of ketones is 1. The van der Waals surface area contributed by atoms with Crippen LogP contribution in [0, 0.1) is 5.92 Å². The zero-order chi connectivity index (χ0) is 28.0. The van der Waals surface area contributed by atoms with Crippen molar-refractivity contribution in [1.82, 2.24) is 25.2 Å². The summed E-state index contributed by atoms with van der Waals surface area (Å²) >= 11 is 0. The second-order valence-electron chi connectivity index (χ2n) is 9.97. The number of amides is 3. The summed E-state index contributed by atoms with van der Waals surface area (Å²) in [5.74, 6) is -2.67. The van der Waals surface area contributed by atoms with E-state index in [2.05, 4.69) is 10.3 Å². The molecule has 0 fully saturated rings. The van der Waals surface area contributed by atoms with Gasteiger partial charge in [0, 0.05) is 64.1 Å². The van der Waals surface area contributed by atoms with Gasteiger partial charge >= 0.3 is 0 Å². The van der Waals surface area contributed by atoms with Crippen molar-refractivity contribution in [3.8, 4) is 0 Å². The molecule has 9 heteroatoms. The molecule has 1 aromatic heterocycles. The van der Waals surface area contributed by atoms with Crippen LogP contribution in [0.5, 0.6) is 0 Å². The molecule has 9 nitrogen and oxygen atoms in total. The smallest absolute Gasteiger partial charge is 0.288 e. The van der Waals surface area contributed by atoms with Gasteiger partial charge in [0.15, 0.2) is 0 Å². The van der Waals surface area contributed by atoms with E-state index < -0.39 is 35.6 Å². The number of hydrogen-bond donors (Lipinski definition) is 2. The van der Waals surface area contributed by atoms with Gasteiger partial charge in [-0.2, -0.15) is 0 Å². The van der Waals surface area contributed by atoms with Crippen LogP contribution in [0.2, 0.25) is 0 Å². The molecule has 3 amide bonds. The second-order valence-corrected chi connectivity index (χ2v) is 9.97. The van der Waals surface area contributed by atoms with Gasteiger partial charge in [-0.3, -0.25) is 24.2 Å².